The molecule has 0 aliphatic rings. The van der Waals surface area contributed by atoms with Gasteiger partial charge >= 0.3 is 0 Å². The number of thioether (sulfide) groups is 1. The van der Waals surface area contributed by atoms with Crippen LogP contribution in [0.5, 0.6) is 0 Å². The van der Waals surface area contributed by atoms with E-state index in [0.29, 0.717) is 18.1 Å². The molecule has 0 amide bonds. The predicted octanol–water partition coefficient (Wildman–Crippen LogP) is 0.432. The van der Waals surface area contributed by atoms with Crippen molar-refractivity contribution in [3.63, 3.8) is 0 Å². The maximum atomic E-state index is 5.56. The summed E-state index contributed by atoms with van der Waals surface area (Å²) in [7, 11) is 0. The first-order valence-corrected chi connectivity index (χ1v) is 5.84. The molecule has 0 fully saturated rings. The molecule has 2 aromatic rings. The second-order valence-electron chi connectivity index (χ2n) is 2.98. The molecule has 0 saturated carbocycles. The summed E-state index contributed by atoms with van der Waals surface area (Å²) >= 11 is 1.51. The first-order valence-electron chi connectivity index (χ1n) is 4.85. The largest absolute Gasteiger partial charge is 0.343 e. The van der Waals surface area contributed by atoms with Crippen LogP contribution in [0.3, 0.4) is 0 Å². The van der Waals surface area contributed by atoms with Crippen molar-refractivity contribution in [1.82, 2.24) is 24.9 Å². The Kier molecular flexibility index (Phi) is 3.52. The van der Waals surface area contributed by atoms with Gasteiger partial charge in [-0.3, -0.25) is 0 Å². The monoisotopic (exact) mass is 240 g/mol. The highest BCUT2D eigenvalue weighted by atomic mass is 32.2. The van der Waals surface area contributed by atoms with Crippen LogP contribution < -0.4 is 5.73 Å². The number of hydrogen-bond donors (Lipinski definition) is 1. The minimum atomic E-state index is 0.392. The minimum absolute atomic E-state index is 0.392. The first kappa shape index (κ1) is 11.1. The summed E-state index contributed by atoms with van der Waals surface area (Å²) < 4.78 is 6.63. The van der Waals surface area contributed by atoms with Gasteiger partial charge in [0.05, 0.1) is 12.3 Å². The molecular weight excluding hydrogens is 228 g/mol. The Bertz CT molecular complexity index is 439. The summed E-state index contributed by atoms with van der Waals surface area (Å²) in [6.07, 6.45) is 1.31. The van der Waals surface area contributed by atoms with Crippen LogP contribution in [0.4, 0.5) is 0 Å². The summed E-state index contributed by atoms with van der Waals surface area (Å²) in [4.78, 5) is 3.93. The fourth-order valence-electron chi connectivity index (χ4n) is 1.28. The molecule has 2 rings (SSSR count). The zero-order valence-electron chi connectivity index (χ0n) is 8.83. The third-order valence-electron chi connectivity index (χ3n) is 2.03. The molecule has 0 saturated heterocycles. The maximum absolute atomic E-state index is 5.56. The molecule has 0 bridgehead atoms. The van der Waals surface area contributed by atoms with E-state index in [1.807, 2.05) is 11.5 Å². The van der Waals surface area contributed by atoms with Crippen LogP contribution in [-0.2, 0) is 18.8 Å². The van der Waals surface area contributed by atoms with Crippen LogP contribution in [0.2, 0.25) is 0 Å². The van der Waals surface area contributed by atoms with E-state index in [2.05, 4.69) is 24.9 Å². The van der Waals surface area contributed by atoms with Crippen molar-refractivity contribution in [1.29, 1.82) is 0 Å². The first-order chi connectivity index (χ1) is 7.85. The molecule has 2 heterocycles. The van der Waals surface area contributed by atoms with Gasteiger partial charge < -0.3 is 14.8 Å². The number of nitrogens with zero attached hydrogens (tertiary/aromatic N) is 5. The van der Waals surface area contributed by atoms with E-state index in [9.17, 15) is 0 Å². The Morgan fingerprint density at radius 1 is 1.50 bits per heavy atom. The second kappa shape index (κ2) is 5.08. The van der Waals surface area contributed by atoms with E-state index in [1.54, 1.807) is 0 Å². The van der Waals surface area contributed by atoms with Gasteiger partial charge in [0.1, 0.15) is 5.82 Å². The van der Waals surface area contributed by atoms with E-state index in [-0.39, 0.29) is 0 Å². The van der Waals surface area contributed by atoms with Gasteiger partial charge in [0.25, 0.3) is 0 Å². The Morgan fingerprint density at radius 3 is 3.00 bits per heavy atom. The minimum Gasteiger partial charge on any atom is -0.343 e. The van der Waals surface area contributed by atoms with Crippen molar-refractivity contribution in [2.75, 3.05) is 0 Å². The number of nitrogens with two attached hydrogens (primary N) is 1. The average Bonchev–Trinajstić information content (AvgIpc) is 2.94. The smallest absolute Gasteiger partial charge is 0.213 e. The molecule has 8 heteroatoms. The van der Waals surface area contributed by atoms with Crippen molar-refractivity contribution in [3.05, 3.63) is 18.0 Å². The Hall–Kier alpha value is -1.41. The van der Waals surface area contributed by atoms with Gasteiger partial charge in [-0.05, 0) is 6.92 Å². The van der Waals surface area contributed by atoms with Crippen molar-refractivity contribution in [3.8, 4) is 0 Å². The van der Waals surface area contributed by atoms with E-state index < -0.39 is 0 Å². The molecule has 0 aromatic carbocycles. The Balaban J connectivity index is 2.06. The third kappa shape index (κ3) is 2.22. The molecular formula is C8H12N6OS. The van der Waals surface area contributed by atoms with Crippen LogP contribution in [0.1, 0.15) is 18.6 Å². The van der Waals surface area contributed by atoms with E-state index in [1.165, 1.54) is 18.2 Å². The highest BCUT2D eigenvalue weighted by Gasteiger charge is 2.10. The van der Waals surface area contributed by atoms with E-state index >= 15 is 0 Å². The summed E-state index contributed by atoms with van der Waals surface area (Å²) in [5.41, 5.74) is 5.56. The zero-order valence-corrected chi connectivity index (χ0v) is 9.65. The summed E-state index contributed by atoms with van der Waals surface area (Å²) in [5.74, 6) is 2.04. The van der Waals surface area contributed by atoms with Gasteiger partial charge in [0.15, 0.2) is 11.0 Å². The Labute approximate surface area is 96.4 Å². The molecule has 0 atom stereocenters. The standard InChI is InChI=1S/C8H12N6OS/c1-2-14-7(3-9)11-12-8(14)16-4-6-10-5-15-13-6/h5H,2-4,9H2,1H3. The van der Waals surface area contributed by atoms with E-state index in [4.69, 9.17) is 5.73 Å². The molecule has 0 aliphatic heterocycles. The SMILES string of the molecule is CCn1c(CN)nnc1SCc1ncon1. The van der Waals surface area contributed by atoms with Crippen LogP contribution in [0.15, 0.2) is 16.1 Å². The molecule has 0 aliphatic carbocycles. The lowest BCUT2D eigenvalue weighted by Crippen LogP contribution is -2.08. The average molecular weight is 240 g/mol. The van der Waals surface area contributed by atoms with Crippen molar-refractivity contribution in [2.45, 2.75) is 30.9 Å². The van der Waals surface area contributed by atoms with Gasteiger partial charge in [-0.1, -0.05) is 16.9 Å². The fourth-order valence-corrected chi connectivity index (χ4v) is 2.15. The predicted molar refractivity (Wildman–Crippen MR) is 57.4 cm³/mol. The van der Waals surface area contributed by atoms with Gasteiger partial charge in [0, 0.05) is 6.54 Å². The highest BCUT2D eigenvalue weighted by molar-refractivity contribution is 7.98. The van der Waals surface area contributed by atoms with Gasteiger partial charge in [-0.25, -0.2) is 0 Å². The highest BCUT2D eigenvalue weighted by Crippen LogP contribution is 2.20. The zero-order chi connectivity index (χ0) is 11.4. The quantitative estimate of drug-likeness (QED) is 0.757. The van der Waals surface area contributed by atoms with E-state index in [0.717, 1.165) is 17.5 Å². The topological polar surface area (TPSA) is 95.7 Å². The van der Waals surface area contributed by atoms with Gasteiger partial charge in [0.2, 0.25) is 6.39 Å². The normalized spacial score (nSPS) is 10.9. The molecule has 0 unspecified atom stereocenters. The Morgan fingerprint density at radius 2 is 2.38 bits per heavy atom. The molecule has 2 N–H and O–H groups in total. The van der Waals surface area contributed by atoms with Crippen molar-refractivity contribution in [2.24, 2.45) is 5.73 Å². The molecule has 16 heavy (non-hydrogen) atoms. The number of rotatable bonds is 5. The van der Waals surface area contributed by atoms with Crippen molar-refractivity contribution < 1.29 is 4.52 Å². The third-order valence-corrected chi connectivity index (χ3v) is 2.99. The summed E-state index contributed by atoms with van der Waals surface area (Å²) in [6, 6.07) is 0. The van der Waals surface area contributed by atoms with Crippen LogP contribution in [-0.4, -0.2) is 24.9 Å². The lowest BCUT2D eigenvalue weighted by atomic mass is 10.6. The lowest BCUT2D eigenvalue weighted by molar-refractivity contribution is 0.412. The number of aromatic nitrogens is 5. The summed E-state index contributed by atoms with van der Waals surface area (Å²) in [6.45, 7) is 3.22. The molecule has 0 spiro atoms. The molecule has 7 nitrogen and oxygen atoms in total. The molecule has 0 radical (unpaired) electrons. The maximum Gasteiger partial charge on any atom is 0.213 e. The second-order valence-corrected chi connectivity index (χ2v) is 3.93. The van der Waals surface area contributed by atoms with Crippen molar-refractivity contribution >= 4 is 11.8 Å². The molecule has 86 valence electrons. The van der Waals surface area contributed by atoms with Gasteiger partial charge in [-0.2, -0.15) is 4.98 Å². The number of hydrogen-bond acceptors (Lipinski definition) is 7. The fraction of sp³-hybridized carbons (Fsp3) is 0.500. The van der Waals surface area contributed by atoms with Gasteiger partial charge in [-0.15, -0.1) is 10.2 Å². The van der Waals surface area contributed by atoms with Crippen LogP contribution in [0, 0.1) is 0 Å². The lowest BCUT2D eigenvalue weighted by Gasteiger charge is -2.04. The van der Waals surface area contributed by atoms with Crippen LogP contribution in [0.25, 0.3) is 0 Å². The summed E-state index contributed by atoms with van der Waals surface area (Å²) in [5, 5.41) is 12.6. The molecule has 2 aromatic heterocycles. The van der Waals surface area contributed by atoms with Crippen LogP contribution >= 0.6 is 11.8 Å².